The Morgan fingerprint density at radius 3 is 2.44 bits per heavy atom. The van der Waals surface area contributed by atoms with E-state index in [2.05, 4.69) is 0 Å². The molecular weight excluding hydrogens is 210 g/mol. The number of hydrogen-bond donors (Lipinski definition) is 2. The lowest BCUT2D eigenvalue weighted by Crippen LogP contribution is -2.47. The monoisotopic (exact) mass is 227 g/mol. The van der Waals surface area contributed by atoms with Crippen LogP contribution in [0.5, 0.6) is 0 Å². The molecule has 0 aromatic carbocycles. The average molecular weight is 227 g/mol. The molecule has 0 aromatic rings. The van der Waals surface area contributed by atoms with Gasteiger partial charge in [0.05, 0.1) is 5.92 Å². The minimum absolute atomic E-state index is 0.297. The van der Waals surface area contributed by atoms with Crippen molar-refractivity contribution >= 4 is 17.7 Å². The van der Waals surface area contributed by atoms with E-state index in [0.29, 0.717) is 19.5 Å². The molecule has 1 saturated heterocycles. The van der Waals surface area contributed by atoms with Gasteiger partial charge in [-0.1, -0.05) is 0 Å². The molecule has 1 aliphatic heterocycles. The molecule has 1 fully saturated rings. The van der Waals surface area contributed by atoms with Crippen molar-refractivity contribution in [2.75, 3.05) is 13.1 Å². The van der Waals surface area contributed by atoms with Gasteiger partial charge in [0.15, 0.2) is 0 Å². The summed E-state index contributed by atoms with van der Waals surface area (Å²) in [5, 5.41) is 0. The van der Waals surface area contributed by atoms with Crippen LogP contribution in [0.4, 0.5) is 0 Å². The summed E-state index contributed by atoms with van der Waals surface area (Å²) in [5.74, 6) is -2.52. The van der Waals surface area contributed by atoms with E-state index >= 15 is 0 Å². The summed E-state index contributed by atoms with van der Waals surface area (Å²) in [6, 6.07) is 0. The van der Waals surface area contributed by atoms with Gasteiger partial charge in [0.1, 0.15) is 5.92 Å². The van der Waals surface area contributed by atoms with Crippen LogP contribution in [0.25, 0.3) is 0 Å². The molecule has 1 aliphatic rings. The lowest BCUT2D eigenvalue weighted by atomic mass is 9.96. The molecule has 0 radical (unpaired) electrons. The van der Waals surface area contributed by atoms with Crippen LogP contribution < -0.4 is 11.5 Å². The van der Waals surface area contributed by atoms with Gasteiger partial charge in [-0.05, 0) is 19.8 Å². The Morgan fingerprint density at radius 1 is 1.31 bits per heavy atom. The molecule has 1 rings (SSSR count). The summed E-state index contributed by atoms with van der Waals surface area (Å²) in [5.41, 5.74) is 10.3. The van der Waals surface area contributed by atoms with Gasteiger partial charge in [-0.3, -0.25) is 14.4 Å². The van der Waals surface area contributed by atoms with E-state index in [9.17, 15) is 14.4 Å². The summed E-state index contributed by atoms with van der Waals surface area (Å²) in [4.78, 5) is 35.2. The molecule has 0 aliphatic carbocycles. The topological polar surface area (TPSA) is 106 Å². The van der Waals surface area contributed by atoms with Crippen LogP contribution in [0.15, 0.2) is 0 Å². The van der Waals surface area contributed by atoms with Gasteiger partial charge in [0.25, 0.3) is 0 Å². The van der Waals surface area contributed by atoms with Crippen LogP contribution in [0.1, 0.15) is 19.8 Å². The van der Waals surface area contributed by atoms with Crippen molar-refractivity contribution in [1.82, 2.24) is 4.90 Å². The molecule has 4 N–H and O–H groups in total. The first-order chi connectivity index (χ1) is 7.43. The van der Waals surface area contributed by atoms with Gasteiger partial charge in [0.2, 0.25) is 17.7 Å². The van der Waals surface area contributed by atoms with Crippen LogP contribution in [-0.2, 0) is 14.4 Å². The minimum Gasteiger partial charge on any atom is -0.369 e. The second kappa shape index (κ2) is 4.96. The van der Waals surface area contributed by atoms with Crippen molar-refractivity contribution in [2.24, 2.45) is 23.3 Å². The Balaban J connectivity index is 2.63. The van der Waals surface area contributed by atoms with E-state index in [1.54, 1.807) is 0 Å². The number of hydrogen-bond acceptors (Lipinski definition) is 3. The Bertz CT molecular complexity index is 316. The third-order valence-electron chi connectivity index (χ3n) is 2.93. The highest BCUT2D eigenvalue weighted by atomic mass is 16.2. The van der Waals surface area contributed by atoms with Gasteiger partial charge in [0, 0.05) is 13.1 Å². The third kappa shape index (κ3) is 2.71. The SMILES string of the molecule is CC(C(N)=O)C(=O)N1CCCC(C(N)=O)C1. The zero-order chi connectivity index (χ0) is 12.3. The zero-order valence-corrected chi connectivity index (χ0v) is 9.31. The van der Waals surface area contributed by atoms with E-state index in [1.165, 1.54) is 11.8 Å². The number of amides is 3. The summed E-state index contributed by atoms with van der Waals surface area (Å²) in [7, 11) is 0. The molecule has 3 amide bonds. The largest absolute Gasteiger partial charge is 0.369 e. The maximum absolute atomic E-state index is 11.8. The maximum Gasteiger partial charge on any atom is 0.234 e. The average Bonchev–Trinajstić information content (AvgIpc) is 2.27. The first-order valence-corrected chi connectivity index (χ1v) is 5.31. The fraction of sp³-hybridized carbons (Fsp3) is 0.700. The molecular formula is C10H17N3O3. The molecule has 2 unspecified atom stereocenters. The van der Waals surface area contributed by atoms with Gasteiger partial charge in [-0.15, -0.1) is 0 Å². The highest BCUT2D eigenvalue weighted by Crippen LogP contribution is 2.17. The fourth-order valence-corrected chi connectivity index (χ4v) is 1.81. The number of likely N-dealkylation sites (tertiary alicyclic amines) is 1. The van der Waals surface area contributed by atoms with Crippen molar-refractivity contribution < 1.29 is 14.4 Å². The summed E-state index contributed by atoms with van der Waals surface area (Å²) >= 11 is 0. The predicted octanol–water partition coefficient (Wildman–Crippen LogP) is -1.17. The van der Waals surface area contributed by atoms with Crippen LogP contribution in [0.2, 0.25) is 0 Å². The Morgan fingerprint density at radius 2 is 1.94 bits per heavy atom. The molecule has 6 heteroatoms. The normalized spacial score (nSPS) is 22.6. The van der Waals surface area contributed by atoms with Gasteiger partial charge < -0.3 is 16.4 Å². The van der Waals surface area contributed by atoms with Crippen molar-refractivity contribution in [3.63, 3.8) is 0 Å². The quantitative estimate of drug-likeness (QED) is 0.593. The Kier molecular flexibility index (Phi) is 3.87. The summed E-state index contributed by atoms with van der Waals surface area (Å²) in [6.45, 7) is 2.32. The van der Waals surface area contributed by atoms with Crippen molar-refractivity contribution in [1.29, 1.82) is 0 Å². The Labute approximate surface area is 93.9 Å². The fourth-order valence-electron chi connectivity index (χ4n) is 1.81. The Hall–Kier alpha value is -1.59. The molecule has 6 nitrogen and oxygen atoms in total. The smallest absolute Gasteiger partial charge is 0.234 e. The summed E-state index contributed by atoms with van der Waals surface area (Å²) < 4.78 is 0. The molecule has 2 atom stereocenters. The third-order valence-corrected chi connectivity index (χ3v) is 2.93. The lowest BCUT2D eigenvalue weighted by molar-refractivity contribution is -0.142. The second-order valence-electron chi connectivity index (χ2n) is 4.15. The molecule has 1 heterocycles. The number of carbonyl (C=O) groups is 3. The van der Waals surface area contributed by atoms with Crippen molar-refractivity contribution in [2.45, 2.75) is 19.8 Å². The highest BCUT2D eigenvalue weighted by Gasteiger charge is 2.30. The number of nitrogens with zero attached hydrogens (tertiary/aromatic N) is 1. The number of carbonyl (C=O) groups excluding carboxylic acids is 3. The van der Waals surface area contributed by atoms with E-state index < -0.39 is 17.7 Å². The number of nitrogens with two attached hydrogens (primary N) is 2. The second-order valence-corrected chi connectivity index (χ2v) is 4.15. The summed E-state index contributed by atoms with van der Waals surface area (Å²) in [6.07, 6.45) is 1.43. The van der Waals surface area contributed by atoms with Crippen molar-refractivity contribution in [3.05, 3.63) is 0 Å². The number of piperidine rings is 1. The van der Waals surface area contributed by atoms with Crippen LogP contribution in [-0.4, -0.2) is 35.7 Å². The first-order valence-electron chi connectivity index (χ1n) is 5.31. The van der Waals surface area contributed by atoms with Crippen LogP contribution in [0.3, 0.4) is 0 Å². The van der Waals surface area contributed by atoms with Crippen LogP contribution in [0, 0.1) is 11.8 Å². The minimum atomic E-state index is -0.841. The van der Waals surface area contributed by atoms with E-state index in [1.807, 2.05) is 0 Å². The lowest BCUT2D eigenvalue weighted by Gasteiger charge is -2.32. The van der Waals surface area contributed by atoms with E-state index in [0.717, 1.165) is 6.42 Å². The standard InChI is InChI=1S/C10H17N3O3/c1-6(8(11)14)10(16)13-4-2-3-7(5-13)9(12)15/h6-7H,2-5H2,1H3,(H2,11,14)(H2,12,15). The first kappa shape index (κ1) is 12.5. The predicted molar refractivity (Wildman–Crippen MR) is 56.9 cm³/mol. The van der Waals surface area contributed by atoms with Crippen molar-refractivity contribution in [3.8, 4) is 0 Å². The van der Waals surface area contributed by atoms with E-state index in [4.69, 9.17) is 11.5 Å². The molecule has 0 aromatic heterocycles. The highest BCUT2D eigenvalue weighted by molar-refractivity contribution is 5.99. The van der Waals surface area contributed by atoms with Gasteiger partial charge in [-0.2, -0.15) is 0 Å². The zero-order valence-electron chi connectivity index (χ0n) is 9.31. The number of primary amides is 2. The molecule has 0 bridgehead atoms. The number of rotatable bonds is 3. The molecule has 16 heavy (non-hydrogen) atoms. The van der Waals surface area contributed by atoms with Gasteiger partial charge in [-0.25, -0.2) is 0 Å². The molecule has 90 valence electrons. The molecule has 0 saturated carbocycles. The van der Waals surface area contributed by atoms with Crippen LogP contribution >= 0.6 is 0 Å². The van der Waals surface area contributed by atoms with Gasteiger partial charge >= 0.3 is 0 Å². The van der Waals surface area contributed by atoms with E-state index in [-0.39, 0.29) is 11.8 Å². The maximum atomic E-state index is 11.8. The molecule has 0 spiro atoms.